The van der Waals surface area contributed by atoms with E-state index in [0.717, 1.165) is 12.8 Å². The Morgan fingerprint density at radius 3 is 2.59 bits per heavy atom. The maximum atomic E-state index is 11.8. The van der Waals surface area contributed by atoms with Gasteiger partial charge in [-0.05, 0) is 18.8 Å². The number of carbonyl (C=O) groups excluding carboxylic acids is 3. The minimum absolute atomic E-state index is 0.122. The molecule has 2 atom stereocenters. The highest BCUT2D eigenvalue weighted by molar-refractivity contribution is 5.93. The zero-order chi connectivity index (χ0) is 12.4. The van der Waals surface area contributed by atoms with Crippen molar-refractivity contribution in [2.24, 2.45) is 11.7 Å². The van der Waals surface area contributed by atoms with Crippen molar-refractivity contribution in [1.29, 1.82) is 0 Å². The van der Waals surface area contributed by atoms with Gasteiger partial charge in [0.25, 0.3) is 0 Å². The molecule has 0 radical (unpaired) electrons. The predicted octanol–water partition coefficient (Wildman–Crippen LogP) is -0.965. The molecule has 4 N–H and O–H groups in total. The number of hydrogen-bond donors (Lipinski definition) is 3. The Kier molecular flexibility index (Phi) is 3.31. The third kappa shape index (κ3) is 3.18. The van der Waals surface area contributed by atoms with Crippen molar-refractivity contribution in [2.45, 2.75) is 44.2 Å². The monoisotopic (exact) mass is 239 g/mol. The van der Waals surface area contributed by atoms with Crippen LogP contribution < -0.4 is 16.4 Å². The van der Waals surface area contributed by atoms with Crippen molar-refractivity contribution >= 4 is 17.7 Å². The Bertz CT molecular complexity index is 352. The summed E-state index contributed by atoms with van der Waals surface area (Å²) in [5, 5.41) is 5.19. The molecule has 17 heavy (non-hydrogen) atoms. The first-order chi connectivity index (χ1) is 8.06. The third-order valence-corrected chi connectivity index (χ3v) is 3.24. The Morgan fingerprint density at radius 1 is 1.41 bits per heavy atom. The van der Waals surface area contributed by atoms with Crippen molar-refractivity contribution in [3.63, 3.8) is 0 Å². The van der Waals surface area contributed by atoms with Crippen molar-refractivity contribution in [3.8, 4) is 0 Å². The summed E-state index contributed by atoms with van der Waals surface area (Å²) in [6.07, 6.45) is 3.66. The van der Waals surface area contributed by atoms with Crippen LogP contribution in [-0.2, 0) is 14.4 Å². The summed E-state index contributed by atoms with van der Waals surface area (Å²) in [6.45, 7) is 0. The number of amides is 3. The van der Waals surface area contributed by atoms with Crippen LogP contribution in [0.15, 0.2) is 0 Å². The highest BCUT2D eigenvalue weighted by Gasteiger charge is 2.32. The highest BCUT2D eigenvalue weighted by Crippen LogP contribution is 2.33. The van der Waals surface area contributed by atoms with Crippen molar-refractivity contribution < 1.29 is 14.4 Å². The lowest BCUT2D eigenvalue weighted by Gasteiger charge is -2.17. The number of nitrogens with two attached hydrogens (primary N) is 1. The SMILES string of the molecule is NC(=O)[C@H](CC1CC1)NC(=O)[C@H]1CCC(=O)N1. The normalized spacial score (nSPS) is 25.2. The van der Waals surface area contributed by atoms with Crippen molar-refractivity contribution in [3.05, 3.63) is 0 Å². The van der Waals surface area contributed by atoms with Gasteiger partial charge in [-0.2, -0.15) is 0 Å². The van der Waals surface area contributed by atoms with Gasteiger partial charge in [0.15, 0.2) is 0 Å². The lowest BCUT2D eigenvalue weighted by molar-refractivity contribution is -0.129. The summed E-state index contributed by atoms with van der Waals surface area (Å²) in [5.41, 5.74) is 5.25. The van der Waals surface area contributed by atoms with Gasteiger partial charge in [0.1, 0.15) is 12.1 Å². The molecular formula is C11H17N3O3. The second-order valence-electron chi connectivity index (χ2n) is 4.80. The van der Waals surface area contributed by atoms with Gasteiger partial charge in [0.05, 0.1) is 0 Å². The fourth-order valence-corrected chi connectivity index (χ4v) is 2.02. The molecule has 0 unspecified atom stereocenters. The molecule has 1 aliphatic carbocycles. The van der Waals surface area contributed by atoms with Crippen LogP contribution in [0.4, 0.5) is 0 Å². The van der Waals surface area contributed by atoms with Gasteiger partial charge in [0.2, 0.25) is 17.7 Å². The van der Waals surface area contributed by atoms with E-state index in [1.165, 1.54) is 0 Å². The van der Waals surface area contributed by atoms with E-state index in [-0.39, 0.29) is 11.8 Å². The molecule has 2 fully saturated rings. The molecule has 0 aromatic carbocycles. The molecule has 0 spiro atoms. The summed E-state index contributed by atoms with van der Waals surface area (Å²) in [6, 6.07) is -1.11. The number of hydrogen-bond acceptors (Lipinski definition) is 3. The van der Waals surface area contributed by atoms with Gasteiger partial charge in [0, 0.05) is 6.42 Å². The van der Waals surface area contributed by atoms with E-state index in [9.17, 15) is 14.4 Å². The fourth-order valence-electron chi connectivity index (χ4n) is 2.02. The molecule has 3 amide bonds. The zero-order valence-corrected chi connectivity index (χ0v) is 9.57. The maximum absolute atomic E-state index is 11.8. The number of nitrogens with one attached hydrogen (secondary N) is 2. The van der Waals surface area contributed by atoms with Gasteiger partial charge < -0.3 is 16.4 Å². The number of carbonyl (C=O) groups is 3. The molecule has 2 rings (SSSR count). The molecule has 1 aliphatic heterocycles. The summed E-state index contributed by atoms with van der Waals surface area (Å²) in [4.78, 5) is 34.0. The van der Waals surface area contributed by atoms with Crippen LogP contribution in [-0.4, -0.2) is 29.8 Å². The van der Waals surface area contributed by atoms with Gasteiger partial charge in [-0.3, -0.25) is 14.4 Å². The number of primary amides is 1. The second-order valence-corrected chi connectivity index (χ2v) is 4.80. The Labute approximate surface area is 99.3 Å². The summed E-state index contributed by atoms with van der Waals surface area (Å²) < 4.78 is 0. The van der Waals surface area contributed by atoms with E-state index in [2.05, 4.69) is 10.6 Å². The van der Waals surface area contributed by atoms with Crippen LogP contribution in [0.2, 0.25) is 0 Å². The summed E-state index contributed by atoms with van der Waals surface area (Å²) >= 11 is 0. The van der Waals surface area contributed by atoms with E-state index in [1.807, 2.05) is 0 Å². The molecule has 1 saturated carbocycles. The molecule has 0 aromatic heterocycles. The van der Waals surface area contributed by atoms with E-state index < -0.39 is 18.0 Å². The van der Waals surface area contributed by atoms with Gasteiger partial charge >= 0.3 is 0 Å². The molecule has 0 bridgehead atoms. The number of rotatable bonds is 5. The van der Waals surface area contributed by atoms with E-state index in [0.29, 0.717) is 25.2 Å². The van der Waals surface area contributed by atoms with Crippen LogP contribution in [0.5, 0.6) is 0 Å². The maximum Gasteiger partial charge on any atom is 0.243 e. The van der Waals surface area contributed by atoms with Crippen LogP contribution in [0.3, 0.4) is 0 Å². The Hall–Kier alpha value is -1.59. The largest absolute Gasteiger partial charge is 0.368 e. The molecule has 6 nitrogen and oxygen atoms in total. The lowest BCUT2D eigenvalue weighted by atomic mass is 10.1. The van der Waals surface area contributed by atoms with Crippen molar-refractivity contribution in [2.75, 3.05) is 0 Å². The van der Waals surface area contributed by atoms with Gasteiger partial charge in [-0.25, -0.2) is 0 Å². The molecule has 0 aromatic rings. The molecule has 1 saturated heterocycles. The fraction of sp³-hybridized carbons (Fsp3) is 0.727. The Morgan fingerprint density at radius 2 is 2.12 bits per heavy atom. The van der Waals surface area contributed by atoms with Gasteiger partial charge in [-0.15, -0.1) is 0 Å². The third-order valence-electron chi connectivity index (χ3n) is 3.24. The summed E-state index contributed by atoms with van der Waals surface area (Å²) in [7, 11) is 0. The average Bonchev–Trinajstić information content (AvgIpc) is 2.97. The Balaban J connectivity index is 1.85. The first-order valence-corrected chi connectivity index (χ1v) is 5.95. The van der Waals surface area contributed by atoms with Gasteiger partial charge in [-0.1, -0.05) is 12.8 Å². The van der Waals surface area contributed by atoms with E-state index in [1.54, 1.807) is 0 Å². The smallest absolute Gasteiger partial charge is 0.243 e. The van der Waals surface area contributed by atoms with E-state index in [4.69, 9.17) is 5.73 Å². The quantitative estimate of drug-likeness (QED) is 0.575. The molecule has 94 valence electrons. The lowest BCUT2D eigenvalue weighted by Crippen LogP contribution is -2.50. The highest BCUT2D eigenvalue weighted by atomic mass is 16.2. The first kappa shape index (κ1) is 11.9. The molecule has 2 aliphatic rings. The molecule has 1 heterocycles. The second kappa shape index (κ2) is 4.73. The molecular weight excluding hydrogens is 222 g/mol. The molecule has 6 heteroatoms. The zero-order valence-electron chi connectivity index (χ0n) is 9.57. The summed E-state index contributed by atoms with van der Waals surface area (Å²) in [5.74, 6) is -0.427. The van der Waals surface area contributed by atoms with Crippen LogP contribution in [0.1, 0.15) is 32.1 Å². The van der Waals surface area contributed by atoms with Crippen molar-refractivity contribution in [1.82, 2.24) is 10.6 Å². The van der Waals surface area contributed by atoms with Crippen LogP contribution in [0, 0.1) is 5.92 Å². The standard InChI is InChI=1S/C11H17N3O3/c12-10(16)8(5-6-1-2-6)14-11(17)7-3-4-9(15)13-7/h6-8H,1-5H2,(H2,12,16)(H,13,15)(H,14,17)/t7-,8+/m1/s1. The topological polar surface area (TPSA) is 101 Å². The minimum atomic E-state index is -0.604. The van der Waals surface area contributed by atoms with Crippen LogP contribution in [0.25, 0.3) is 0 Å². The predicted molar refractivity (Wildman–Crippen MR) is 59.6 cm³/mol. The first-order valence-electron chi connectivity index (χ1n) is 5.95. The van der Waals surface area contributed by atoms with E-state index >= 15 is 0 Å². The minimum Gasteiger partial charge on any atom is -0.368 e. The average molecular weight is 239 g/mol. The van der Waals surface area contributed by atoms with Crippen LogP contribution >= 0.6 is 0 Å².